The summed E-state index contributed by atoms with van der Waals surface area (Å²) in [4.78, 5) is 37.3. The van der Waals surface area contributed by atoms with Gasteiger partial charge in [-0.05, 0) is 30.4 Å². The smallest absolute Gasteiger partial charge is 0.316 e. The number of ether oxygens (including phenoxy) is 1. The lowest BCUT2D eigenvalue weighted by molar-refractivity contribution is -0.151. The van der Waals surface area contributed by atoms with E-state index in [0.29, 0.717) is 17.7 Å². The minimum absolute atomic E-state index is 0.0847. The number of carbonyl (C=O) groups excluding carboxylic acids is 3. The van der Waals surface area contributed by atoms with Crippen LogP contribution in [0.2, 0.25) is 0 Å². The highest BCUT2D eigenvalue weighted by Crippen LogP contribution is 2.42. The van der Waals surface area contributed by atoms with Crippen LogP contribution in [0.5, 0.6) is 0 Å². The Hall–Kier alpha value is -2.43. The monoisotopic (exact) mass is 327 g/mol. The Kier molecular flexibility index (Phi) is 4.26. The molecule has 0 radical (unpaired) electrons. The number of carbonyl (C=O) groups is 3. The molecule has 1 heterocycles. The molecule has 1 amide bonds. The molecular formula is C19H21NO4. The summed E-state index contributed by atoms with van der Waals surface area (Å²) in [5.74, 6) is -2.10. The van der Waals surface area contributed by atoms with E-state index >= 15 is 0 Å². The molecule has 5 heteroatoms. The summed E-state index contributed by atoms with van der Waals surface area (Å²) < 4.78 is 4.83. The van der Waals surface area contributed by atoms with Gasteiger partial charge in [0.15, 0.2) is 5.78 Å². The highest BCUT2D eigenvalue weighted by atomic mass is 16.5. The first-order chi connectivity index (χ1) is 11.4. The minimum atomic E-state index is -0.796. The maximum atomic E-state index is 13.1. The van der Waals surface area contributed by atoms with Crippen LogP contribution in [0.25, 0.3) is 0 Å². The molecule has 5 nitrogen and oxygen atoms in total. The van der Waals surface area contributed by atoms with E-state index in [1.807, 2.05) is 38.1 Å². The van der Waals surface area contributed by atoms with Gasteiger partial charge in [0.05, 0.1) is 7.11 Å². The van der Waals surface area contributed by atoms with Crippen molar-refractivity contribution in [1.29, 1.82) is 0 Å². The van der Waals surface area contributed by atoms with Gasteiger partial charge in [0.1, 0.15) is 5.92 Å². The van der Waals surface area contributed by atoms with Gasteiger partial charge in [-0.2, -0.15) is 0 Å². The Morgan fingerprint density at radius 2 is 1.92 bits per heavy atom. The molecule has 1 aliphatic heterocycles. The average Bonchev–Trinajstić information content (AvgIpc) is 2.53. The normalized spacial score (nSPS) is 26.7. The molecule has 0 saturated heterocycles. The van der Waals surface area contributed by atoms with Gasteiger partial charge in [-0.15, -0.1) is 0 Å². The Morgan fingerprint density at radius 1 is 1.21 bits per heavy atom. The zero-order valence-electron chi connectivity index (χ0n) is 14.1. The molecule has 3 rings (SSSR count). The fraction of sp³-hybridized carbons (Fsp3) is 0.421. The van der Waals surface area contributed by atoms with Crippen molar-refractivity contribution in [3.8, 4) is 0 Å². The summed E-state index contributed by atoms with van der Waals surface area (Å²) >= 11 is 0. The first-order valence-electron chi connectivity index (χ1n) is 8.14. The molecule has 1 aromatic carbocycles. The molecule has 0 saturated carbocycles. The van der Waals surface area contributed by atoms with Gasteiger partial charge in [-0.25, -0.2) is 0 Å². The SMILES string of the molecule is COC(=O)[C@H]1C(=O)C2=C(C[C@H]1C)NC(=O)C[C@H]2c1ccccc1C. The Morgan fingerprint density at radius 3 is 2.58 bits per heavy atom. The largest absolute Gasteiger partial charge is 0.468 e. The van der Waals surface area contributed by atoms with Crippen LogP contribution in [0.15, 0.2) is 35.5 Å². The fourth-order valence-corrected chi connectivity index (χ4v) is 3.84. The third-order valence-corrected chi connectivity index (χ3v) is 5.02. The number of Topliss-reactive ketones (excluding diaryl/α,β-unsaturated/α-hetero) is 1. The van der Waals surface area contributed by atoms with Crippen molar-refractivity contribution in [2.75, 3.05) is 7.11 Å². The van der Waals surface area contributed by atoms with Crippen LogP contribution >= 0.6 is 0 Å². The Balaban J connectivity index is 2.10. The summed E-state index contributed by atoms with van der Waals surface area (Å²) in [5, 5.41) is 2.84. The first-order valence-corrected chi connectivity index (χ1v) is 8.14. The van der Waals surface area contributed by atoms with E-state index in [4.69, 9.17) is 4.74 Å². The van der Waals surface area contributed by atoms with Crippen molar-refractivity contribution in [2.24, 2.45) is 11.8 Å². The second kappa shape index (κ2) is 6.23. The van der Waals surface area contributed by atoms with Crippen molar-refractivity contribution in [1.82, 2.24) is 5.32 Å². The van der Waals surface area contributed by atoms with Crippen molar-refractivity contribution >= 4 is 17.7 Å². The number of aryl methyl sites for hydroxylation is 1. The quantitative estimate of drug-likeness (QED) is 0.668. The van der Waals surface area contributed by atoms with Gasteiger partial charge in [0.2, 0.25) is 5.91 Å². The zero-order valence-corrected chi connectivity index (χ0v) is 14.1. The highest BCUT2D eigenvalue weighted by molar-refractivity contribution is 6.11. The van der Waals surface area contributed by atoms with E-state index in [-0.39, 0.29) is 29.9 Å². The molecule has 3 atom stereocenters. The summed E-state index contributed by atoms with van der Waals surface area (Å²) in [6.07, 6.45) is 0.715. The van der Waals surface area contributed by atoms with E-state index in [1.54, 1.807) is 0 Å². The number of hydrogen-bond donors (Lipinski definition) is 1. The number of benzene rings is 1. The number of methoxy groups -OCH3 is 1. The Bertz CT molecular complexity index is 749. The molecule has 0 fully saturated rings. The van der Waals surface area contributed by atoms with Gasteiger partial charge >= 0.3 is 5.97 Å². The van der Waals surface area contributed by atoms with E-state index in [9.17, 15) is 14.4 Å². The molecule has 1 N–H and O–H groups in total. The molecule has 24 heavy (non-hydrogen) atoms. The van der Waals surface area contributed by atoms with Crippen LogP contribution in [0, 0.1) is 18.8 Å². The van der Waals surface area contributed by atoms with Crippen LogP contribution in [-0.4, -0.2) is 24.8 Å². The number of rotatable bonds is 2. The number of ketones is 1. The van der Waals surface area contributed by atoms with Crippen molar-refractivity contribution in [3.63, 3.8) is 0 Å². The lowest BCUT2D eigenvalue weighted by Crippen LogP contribution is -2.44. The summed E-state index contributed by atoms with van der Waals surface area (Å²) in [7, 11) is 1.30. The summed E-state index contributed by atoms with van der Waals surface area (Å²) in [6, 6.07) is 7.75. The fourth-order valence-electron chi connectivity index (χ4n) is 3.84. The van der Waals surface area contributed by atoms with E-state index < -0.39 is 11.9 Å². The van der Waals surface area contributed by atoms with E-state index in [2.05, 4.69) is 5.32 Å². The topological polar surface area (TPSA) is 72.5 Å². The lowest BCUT2D eigenvalue weighted by Gasteiger charge is -2.36. The van der Waals surface area contributed by atoms with E-state index in [1.165, 1.54) is 7.11 Å². The second-order valence-electron chi connectivity index (χ2n) is 6.60. The molecule has 0 aromatic heterocycles. The van der Waals surface area contributed by atoms with E-state index in [0.717, 1.165) is 11.1 Å². The Labute approximate surface area is 141 Å². The maximum Gasteiger partial charge on any atom is 0.316 e. The van der Waals surface area contributed by atoms with Crippen molar-refractivity contribution < 1.29 is 19.1 Å². The molecule has 0 bridgehead atoms. The average molecular weight is 327 g/mol. The predicted octanol–water partition coefficient (Wildman–Crippen LogP) is 2.25. The second-order valence-corrected chi connectivity index (χ2v) is 6.60. The van der Waals surface area contributed by atoms with Crippen LogP contribution < -0.4 is 5.32 Å². The van der Waals surface area contributed by atoms with Crippen LogP contribution in [0.4, 0.5) is 0 Å². The summed E-state index contributed by atoms with van der Waals surface area (Å²) in [6.45, 7) is 3.81. The number of allylic oxidation sites excluding steroid dienone is 2. The number of nitrogens with one attached hydrogen (secondary N) is 1. The summed E-state index contributed by atoms with van der Waals surface area (Å²) in [5.41, 5.74) is 3.23. The molecule has 0 unspecified atom stereocenters. The zero-order chi connectivity index (χ0) is 17.4. The molecular weight excluding hydrogens is 306 g/mol. The molecule has 126 valence electrons. The third kappa shape index (κ3) is 2.64. The molecule has 0 spiro atoms. The highest BCUT2D eigenvalue weighted by Gasteiger charge is 2.45. The standard InChI is InChI=1S/C19H21NO4/c1-10-6-4-5-7-12(10)13-9-15(21)20-14-8-11(2)16(19(23)24-3)18(22)17(13)14/h4-7,11,13,16H,8-9H2,1-3H3,(H,20,21)/t11-,13+,16-/m1/s1. The number of amides is 1. The van der Waals surface area contributed by atoms with Gasteiger partial charge in [-0.3, -0.25) is 14.4 Å². The van der Waals surface area contributed by atoms with Gasteiger partial charge in [0.25, 0.3) is 0 Å². The maximum absolute atomic E-state index is 13.1. The first kappa shape index (κ1) is 16.4. The van der Waals surface area contributed by atoms with Crippen LogP contribution in [0.3, 0.4) is 0 Å². The van der Waals surface area contributed by atoms with Gasteiger partial charge in [0, 0.05) is 23.6 Å². The molecule has 1 aliphatic carbocycles. The lowest BCUT2D eigenvalue weighted by atomic mass is 9.70. The van der Waals surface area contributed by atoms with Crippen molar-refractivity contribution in [2.45, 2.75) is 32.6 Å². The van der Waals surface area contributed by atoms with Crippen LogP contribution in [0.1, 0.15) is 36.8 Å². The predicted molar refractivity (Wildman–Crippen MR) is 88.0 cm³/mol. The minimum Gasteiger partial charge on any atom is -0.468 e. The van der Waals surface area contributed by atoms with Gasteiger partial charge in [-0.1, -0.05) is 31.2 Å². The van der Waals surface area contributed by atoms with Crippen LogP contribution in [-0.2, 0) is 19.1 Å². The third-order valence-electron chi connectivity index (χ3n) is 5.02. The van der Waals surface area contributed by atoms with Gasteiger partial charge < -0.3 is 10.1 Å². The number of esters is 1. The molecule has 1 aromatic rings. The van der Waals surface area contributed by atoms with Crippen molar-refractivity contribution in [3.05, 3.63) is 46.7 Å². The number of hydrogen-bond acceptors (Lipinski definition) is 4. The molecule has 2 aliphatic rings.